The predicted octanol–water partition coefficient (Wildman–Crippen LogP) is 5.59. The van der Waals surface area contributed by atoms with Crippen LogP contribution >= 0.6 is 0 Å². The molecule has 1 saturated carbocycles. The molecule has 1 N–H and O–H groups in total. The Hall–Kier alpha value is -2.96. The smallest absolute Gasteiger partial charge is 0.339 e. The molecule has 0 aromatic heterocycles. The minimum atomic E-state index is -0.846. The lowest BCUT2D eigenvalue weighted by atomic mass is 9.84. The molecule has 1 aliphatic carbocycles. The first-order valence-electron chi connectivity index (χ1n) is 13.3. The monoisotopic (exact) mass is 542 g/mol. The zero-order valence-corrected chi connectivity index (χ0v) is 23.1. The second-order valence-electron chi connectivity index (χ2n) is 10.8. The molecule has 1 aliphatic heterocycles. The number of hydrogen-bond donors (Lipinski definition) is 1. The van der Waals surface area contributed by atoms with E-state index >= 15 is 0 Å². The topological polar surface area (TPSA) is 83.5 Å². The van der Waals surface area contributed by atoms with Crippen molar-refractivity contribution in [2.24, 2.45) is 5.41 Å². The summed E-state index contributed by atoms with van der Waals surface area (Å²) in [6, 6.07) is 5.59. The predicted molar refractivity (Wildman–Crippen MR) is 145 cm³/mol. The summed E-state index contributed by atoms with van der Waals surface area (Å²) >= 11 is 0. The maximum absolute atomic E-state index is 12.9. The van der Waals surface area contributed by atoms with Crippen molar-refractivity contribution < 1.29 is 38.3 Å². The van der Waals surface area contributed by atoms with Gasteiger partial charge < -0.3 is 19.3 Å². The third-order valence-electron chi connectivity index (χ3n) is 6.37. The second kappa shape index (κ2) is 14.4. The fraction of sp³-hybridized carbons (Fsp3) is 0.516. The van der Waals surface area contributed by atoms with E-state index in [1.54, 1.807) is 18.2 Å². The van der Waals surface area contributed by atoms with Crippen LogP contribution in [0.2, 0.25) is 0 Å². The molecule has 212 valence electrons. The number of allylic oxidation sites excluding steroid dienone is 4. The van der Waals surface area contributed by atoms with Crippen LogP contribution in [0.4, 0.5) is 4.39 Å². The lowest BCUT2D eigenvalue weighted by Crippen LogP contribution is -2.45. The van der Waals surface area contributed by atoms with Crippen molar-refractivity contribution in [1.29, 1.82) is 0 Å². The van der Waals surface area contributed by atoms with Crippen molar-refractivity contribution >= 4 is 5.97 Å². The van der Waals surface area contributed by atoms with E-state index in [0.717, 1.165) is 32.1 Å². The third-order valence-corrected chi connectivity index (χ3v) is 6.37. The SMILES string of the molecule is CC(=O)OOC([C@H]1OC2(CCCCC2)O[C@@H]1/C=C/C=C/C#C/C=C/[C@H](O)COc1ccc(F)cc1)C(C)(C)C. The summed E-state index contributed by atoms with van der Waals surface area (Å²) in [7, 11) is 0. The summed E-state index contributed by atoms with van der Waals surface area (Å²) in [5.41, 5.74) is -0.377. The zero-order valence-electron chi connectivity index (χ0n) is 23.1. The normalized spacial score (nSPS) is 22.7. The van der Waals surface area contributed by atoms with Crippen LogP contribution in [0, 0.1) is 23.1 Å². The Morgan fingerprint density at radius 1 is 1.13 bits per heavy atom. The van der Waals surface area contributed by atoms with E-state index in [0.29, 0.717) is 5.75 Å². The Balaban J connectivity index is 1.57. The van der Waals surface area contributed by atoms with Gasteiger partial charge in [-0.1, -0.05) is 57.3 Å². The van der Waals surface area contributed by atoms with Crippen LogP contribution in [-0.2, 0) is 24.0 Å². The first-order chi connectivity index (χ1) is 18.6. The number of benzene rings is 1. The molecule has 39 heavy (non-hydrogen) atoms. The van der Waals surface area contributed by atoms with E-state index in [2.05, 4.69) is 11.8 Å². The molecule has 1 saturated heterocycles. The molecule has 1 heterocycles. The standard InChI is InChI=1S/C31H39FO7/c1-23(33)38-39-29(30(2,3)4)28-27(36-31(37-28)20-12-9-13-21-31)15-11-8-6-5-7-10-14-25(34)22-35-26-18-16-24(32)17-19-26/h6,8,10-11,14-19,25,27-29,34H,9,12-13,20-22H2,1-4H3/b8-6+,14-10+,15-11+/t25-,27+,28-,29?/m0/s1. The molecule has 7 nitrogen and oxygen atoms in total. The van der Waals surface area contributed by atoms with Crippen molar-refractivity contribution in [3.63, 3.8) is 0 Å². The second-order valence-corrected chi connectivity index (χ2v) is 10.8. The van der Waals surface area contributed by atoms with E-state index in [-0.39, 0.29) is 17.8 Å². The summed E-state index contributed by atoms with van der Waals surface area (Å²) in [6.45, 7) is 7.35. The van der Waals surface area contributed by atoms with Crippen molar-refractivity contribution in [3.05, 3.63) is 66.5 Å². The van der Waals surface area contributed by atoms with Gasteiger partial charge in [0.15, 0.2) is 5.79 Å². The minimum absolute atomic E-state index is 0.0330. The molecular formula is C31H39FO7. The van der Waals surface area contributed by atoms with Crippen molar-refractivity contribution in [3.8, 4) is 17.6 Å². The van der Waals surface area contributed by atoms with E-state index in [9.17, 15) is 14.3 Å². The van der Waals surface area contributed by atoms with E-state index < -0.39 is 36.2 Å². The van der Waals surface area contributed by atoms with Gasteiger partial charge in [-0.25, -0.2) is 9.18 Å². The quantitative estimate of drug-likeness (QED) is 0.188. The molecule has 2 aliphatic rings. The van der Waals surface area contributed by atoms with Gasteiger partial charge in [-0.15, -0.1) is 0 Å². The van der Waals surface area contributed by atoms with Gasteiger partial charge in [-0.2, -0.15) is 4.89 Å². The minimum Gasteiger partial charge on any atom is -0.491 e. The molecule has 2 fully saturated rings. The Morgan fingerprint density at radius 3 is 2.49 bits per heavy atom. The first-order valence-corrected chi connectivity index (χ1v) is 13.3. The van der Waals surface area contributed by atoms with Gasteiger partial charge in [-0.3, -0.25) is 4.89 Å². The van der Waals surface area contributed by atoms with Gasteiger partial charge >= 0.3 is 5.97 Å². The van der Waals surface area contributed by atoms with Crippen LogP contribution in [0.1, 0.15) is 59.8 Å². The fourth-order valence-corrected chi connectivity index (χ4v) is 4.48. The highest BCUT2D eigenvalue weighted by Crippen LogP contribution is 2.44. The summed E-state index contributed by atoms with van der Waals surface area (Å²) in [6.07, 6.45) is 12.9. The Morgan fingerprint density at radius 2 is 1.82 bits per heavy atom. The summed E-state index contributed by atoms with van der Waals surface area (Å²) in [5.74, 6) is 4.66. The zero-order chi connectivity index (χ0) is 28.3. The molecule has 1 aromatic carbocycles. The van der Waals surface area contributed by atoms with Crippen molar-refractivity contribution in [2.45, 2.75) is 90.0 Å². The number of carbonyl (C=O) groups is 1. The molecule has 1 unspecified atom stereocenters. The van der Waals surface area contributed by atoms with E-state index in [1.165, 1.54) is 37.3 Å². The van der Waals surface area contributed by atoms with Gasteiger partial charge in [0.25, 0.3) is 0 Å². The van der Waals surface area contributed by atoms with Crippen molar-refractivity contribution in [1.82, 2.24) is 0 Å². The van der Waals surface area contributed by atoms with E-state index in [1.807, 2.05) is 32.9 Å². The van der Waals surface area contributed by atoms with Crippen LogP contribution in [0.15, 0.2) is 60.7 Å². The van der Waals surface area contributed by atoms with Crippen LogP contribution in [-0.4, -0.2) is 47.9 Å². The highest BCUT2D eigenvalue weighted by Gasteiger charge is 2.53. The molecule has 3 rings (SSSR count). The maximum Gasteiger partial charge on any atom is 0.339 e. The highest BCUT2D eigenvalue weighted by atomic mass is 19.1. The fourth-order valence-electron chi connectivity index (χ4n) is 4.48. The van der Waals surface area contributed by atoms with Crippen LogP contribution in [0.5, 0.6) is 5.75 Å². The number of aliphatic hydroxyl groups is 1. The molecule has 0 bridgehead atoms. The lowest BCUT2D eigenvalue weighted by molar-refractivity contribution is -0.332. The van der Waals surface area contributed by atoms with E-state index in [4.69, 9.17) is 24.0 Å². The number of rotatable bonds is 9. The number of hydrogen-bond acceptors (Lipinski definition) is 7. The molecule has 0 radical (unpaired) electrons. The molecule has 0 amide bonds. The molecular weight excluding hydrogens is 503 g/mol. The number of carbonyl (C=O) groups excluding carboxylic acids is 1. The Labute approximate surface area is 230 Å². The van der Waals surface area contributed by atoms with Gasteiger partial charge in [0.05, 0.1) is 0 Å². The van der Waals surface area contributed by atoms with Gasteiger partial charge in [0, 0.05) is 19.8 Å². The van der Waals surface area contributed by atoms with Gasteiger partial charge in [0.1, 0.15) is 42.6 Å². The molecule has 1 spiro atoms. The lowest BCUT2D eigenvalue weighted by Gasteiger charge is -2.35. The summed E-state index contributed by atoms with van der Waals surface area (Å²) in [5, 5.41) is 9.98. The van der Waals surface area contributed by atoms with Crippen molar-refractivity contribution in [2.75, 3.05) is 6.61 Å². The number of halogens is 1. The number of ether oxygens (including phenoxy) is 3. The molecule has 8 heteroatoms. The molecule has 4 atom stereocenters. The highest BCUT2D eigenvalue weighted by molar-refractivity contribution is 5.65. The maximum atomic E-state index is 12.9. The Bertz CT molecular complexity index is 1070. The van der Waals surface area contributed by atoms with Gasteiger partial charge in [-0.05, 0) is 60.8 Å². The average molecular weight is 543 g/mol. The largest absolute Gasteiger partial charge is 0.491 e. The summed E-state index contributed by atoms with van der Waals surface area (Å²) in [4.78, 5) is 21.9. The van der Waals surface area contributed by atoms with Crippen LogP contribution in [0.3, 0.4) is 0 Å². The third kappa shape index (κ3) is 9.94. The first kappa shape index (κ1) is 30.6. The Kier molecular flexibility index (Phi) is 11.3. The molecule has 1 aromatic rings. The number of aliphatic hydroxyl groups excluding tert-OH is 1. The summed E-state index contributed by atoms with van der Waals surface area (Å²) < 4.78 is 31.3. The van der Waals surface area contributed by atoms with Crippen LogP contribution < -0.4 is 4.74 Å². The average Bonchev–Trinajstić information content (AvgIpc) is 3.21. The van der Waals surface area contributed by atoms with Gasteiger partial charge in [0.2, 0.25) is 0 Å². The van der Waals surface area contributed by atoms with Crippen LogP contribution in [0.25, 0.3) is 0 Å².